The Hall–Kier alpha value is -1.11. The number of nitrogens with zero attached hydrogens (tertiary/aromatic N) is 1. The van der Waals surface area contributed by atoms with Crippen LogP contribution in [0.3, 0.4) is 0 Å². The van der Waals surface area contributed by atoms with Gasteiger partial charge in [0.05, 0.1) is 11.8 Å². The average molecular weight is 365 g/mol. The minimum Gasteiger partial charge on any atom is -0.487 e. The van der Waals surface area contributed by atoms with Crippen LogP contribution < -0.4 is 9.46 Å². The van der Waals surface area contributed by atoms with E-state index in [1.165, 1.54) is 19.4 Å². The van der Waals surface area contributed by atoms with E-state index in [4.69, 9.17) is 4.74 Å². The third kappa shape index (κ3) is 3.86. The maximum Gasteiger partial charge on any atom is 0.211 e. The Morgan fingerprint density at radius 3 is 2.64 bits per heavy atom. The molecule has 2 fully saturated rings. The molecule has 5 nitrogen and oxygen atoms in total. The molecular formula is C19H28N2O3S. The van der Waals surface area contributed by atoms with Crippen LogP contribution in [-0.2, 0) is 10.0 Å². The fraction of sp³-hybridized carbons (Fsp3) is 0.684. The van der Waals surface area contributed by atoms with Crippen molar-refractivity contribution in [1.29, 1.82) is 0 Å². The zero-order valence-electron chi connectivity index (χ0n) is 14.9. The summed E-state index contributed by atoms with van der Waals surface area (Å²) in [5.41, 5.74) is 0.723. The first-order valence-electron chi connectivity index (χ1n) is 9.49. The number of benzene rings is 1. The van der Waals surface area contributed by atoms with Gasteiger partial charge in [0.2, 0.25) is 10.0 Å². The minimum absolute atomic E-state index is 0.106. The summed E-state index contributed by atoms with van der Waals surface area (Å²) >= 11 is 0. The van der Waals surface area contributed by atoms with E-state index in [0.717, 1.165) is 49.6 Å². The standard InChI is InChI=1S/C19H28N2O3S/c1-2-25(22,23)20-17-13-19(24-18-6-4-3-5-16(17)18)9-11-21(12-10-19)14-15-7-8-15/h3-6,15,17,20H,2,7-14H2,1H3. The van der Waals surface area contributed by atoms with E-state index in [0.29, 0.717) is 0 Å². The van der Waals surface area contributed by atoms with Crippen molar-refractivity contribution in [3.8, 4) is 5.75 Å². The van der Waals surface area contributed by atoms with Gasteiger partial charge in [-0.1, -0.05) is 18.2 Å². The van der Waals surface area contributed by atoms with Gasteiger partial charge in [-0.3, -0.25) is 0 Å². The molecule has 0 radical (unpaired) electrons. The summed E-state index contributed by atoms with van der Waals surface area (Å²) < 4.78 is 33.7. The van der Waals surface area contributed by atoms with Gasteiger partial charge in [-0.2, -0.15) is 0 Å². The summed E-state index contributed by atoms with van der Waals surface area (Å²) in [5.74, 6) is 1.86. The summed E-state index contributed by atoms with van der Waals surface area (Å²) in [4.78, 5) is 2.55. The summed E-state index contributed by atoms with van der Waals surface area (Å²) in [6.07, 6.45) is 5.43. The first-order chi connectivity index (χ1) is 12.0. The predicted octanol–water partition coefficient (Wildman–Crippen LogP) is 2.69. The summed E-state index contributed by atoms with van der Waals surface area (Å²) in [5, 5.41) is 0. The van der Waals surface area contributed by atoms with Gasteiger partial charge in [0.1, 0.15) is 11.4 Å². The number of fused-ring (bicyclic) bond motifs is 1. The molecule has 1 spiro atoms. The molecule has 1 aromatic carbocycles. The molecule has 1 atom stereocenters. The smallest absolute Gasteiger partial charge is 0.211 e. The van der Waals surface area contributed by atoms with Gasteiger partial charge in [-0.25, -0.2) is 13.1 Å². The number of ether oxygens (including phenoxy) is 1. The molecule has 0 amide bonds. The normalized spacial score (nSPS) is 26.2. The molecule has 138 valence electrons. The number of sulfonamides is 1. The first kappa shape index (κ1) is 17.3. The molecule has 4 rings (SSSR count). The zero-order chi connectivity index (χ0) is 17.5. The fourth-order valence-electron chi connectivity index (χ4n) is 4.14. The average Bonchev–Trinajstić information content (AvgIpc) is 3.41. The third-order valence-corrected chi connectivity index (χ3v) is 7.28. The molecule has 0 aromatic heterocycles. The lowest BCUT2D eigenvalue weighted by Gasteiger charge is -2.47. The molecule has 1 saturated carbocycles. The maximum absolute atomic E-state index is 12.2. The highest BCUT2D eigenvalue weighted by atomic mass is 32.2. The Balaban J connectivity index is 1.53. The van der Waals surface area contributed by atoms with Crippen LogP contribution in [0.1, 0.15) is 50.6 Å². The molecule has 0 bridgehead atoms. The van der Waals surface area contributed by atoms with Crippen LogP contribution in [0.25, 0.3) is 0 Å². The maximum atomic E-state index is 12.2. The van der Waals surface area contributed by atoms with Crippen LogP contribution in [0.2, 0.25) is 0 Å². The molecular weight excluding hydrogens is 336 g/mol. The number of hydrogen-bond donors (Lipinski definition) is 1. The lowest BCUT2D eigenvalue weighted by atomic mass is 9.81. The SMILES string of the molecule is CCS(=O)(=O)NC1CC2(CCN(CC3CC3)CC2)Oc2ccccc21. The van der Waals surface area contributed by atoms with E-state index in [2.05, 4.69) is 9.62 Å². The summed E-state index contributed by atoms with van der Waals surface area (Å²) in [6.45, 7) is 5.00. The Morgan fingerprint density at radius 1 is 1.24 bits per heavy atom. The van der Waals surface area contributed by atoms with Crippen molar-refractivity contribution in [3.63, 3.8) is 0 Å². The number of para-hydroxylation sites is 1. The fourth-order valence-corrected chi connectivity index (χ4v) is 4.95. The second kappa shape index (κ2) is 6.56. The Labute approximate surface area is 150 Å². The van der Waals surface area contributed by atoms with Crippen LogP contribution in [-0.4, -0.2) is 44.3 Å². The first-order valence-corrected chi connectivity index (χ1v) is 11.1. The van der Waals surface area contributed by atoms with Crippen LogP contribution in [0.15, 0.2) is 24.3 Å². The highest BCUT2D eigenvalue weighted by molar-refractivity contribution is 7.89. The molecule has 1 aliphatic carbocycles. The van der Waals surface area contributed by atoms with Crippen molar-refractivity contribution < 1.29 is 13.2 Å². The number of hydrogen-bond acceptors (Lipinski definition) is 4. The van der Waals surface area contributed by atoms with Gasteiger partial charge < -0.3 is 9.64 Å². The van der Waals surface area contributed by atoms with E-state index in [1.807, 2.05) is 24.3 Å². The third-order valence-electron chi connectivity index (χ3n) is 5.88. The minimum atomic E-state index is -3.25. The molecule has 3 aliphatic rings. The highest BCUT2D eigenvalue weighted by Crippen LogP contribution is 2.44. The molecule has 1 unspecified atom stereocenters. The lowest BCUT2D eigenvalue weighted by molar-refractivity contribution is -0.0239. The number of piperidine rings is 1. The van der Waals surface area contributed by atoms with E-state index in [1.54, 1.807) is 6.92 Å². The van der Waals surface area contributed by atoms with E-state index >= 15 is 0 Å². The predicted molar refractivity (Wildman–Crippen MR) is 98.2 cm³/mol. The van der Waals surface area contributed by atoms with Crippen molar-refractivity contribution in [2.75, 3.05) is 25.4 Å². The van der Waals surface area contributed by atoms with Gasteiger partial charge in [0, 0.05) is 31.6 Å². The number of rotatable bonds is 5. The van der Waals surface area contributed by atoms with Crippen LogP contribution in [0.5, 0.6) is 5.75 Å². The van der Waals surface area contributed by atoms with Gasteiger partial charge >= 0.3 is 0 Å². The van der Waals surface area contributed by atoms with Crippen molar-refractivity contribution in [3.05, 3.63) is 29.8 Å². The zero-order valence-corrected chi connectivity index (χ0v) is 15.7. The highest BCUT2D eigenvalue weighted by Gasteiger charge is 2.44. The molecule has 1 N–H and O–H groups in total. The van der Waals surface area contributed by atoms with Gasteiger partial charge in [-0.05, 0) is 44.6 Å². The molecule has 25 heavy (non-hydrogen) atoms. The Morgan fingerprint density at radius 2 is 1.96 bits per heavy atom. The summed E-state index contributed by atoms with van der Waals surface area (Å²) in [6, 6.07) is 7.68. The van der Waals surface area contributed by atoms with Crippen LogP contribution in [0, 0.1) is 5.92 Å². The Kier molecular flexibility index (Phi) is 4.54. The topological polar surface area (TPSA) is 58.6 Å². The molecule has 2 aliphatic heterocycles. The molecule has 2 heterocycles. The van der Waals surface area contributed by atoms with Crippen molar-refractivity contribution in [2.45, 2.75) is 50.7 Å². The van der Waals surface area contributed by atoms with Crippen LogP contribution in [0.4, 0.5) is 0 Å². The molecule has 1 saturated heterocycles. The summed E-state index contributed by atoms with van der Waals surface area (Å²) in [7, 11) is -3.25. The van der Waals surface area contributed by atoms with E-state index in [-0.39, 0.29) is 17.4 Å². The lowest BCUT2D eigenvalue weighted by Crippen LogP contribution is -2.52. The largest absolute Gasteiger partial charge is 0.487 e. The van der Waals surface area contributed by atoms with Gasteiger partial charge in [0.25, 0.3) is 0 Å². The number of nitrogens with one attached hydrogen (secondary N) is 1. The van der Waals surface area contributed by atoms with Gasteiger partial charge in [0.15, 0.2) is 0 Å². The Bertz CT molecular complexity index is 722. The number of likely N-dealkylation sites (tertiary alicyclic amines) is 1. The molecule has 6 heteroatoms. The van der Waals surface area contributed by atoms with Gasteiger partial charge in [-0.15, -0.1) is 0 Å². The monoisotopic (exact) mass is 364 g/mol. The second-order valence-electron chi connectivity index (χ2n) is 7.84. The van der Waals surface area contributed by atoms with Crippen molar-refractivity contribution >= 4 is 10.0 Å². The molecule has 1 aromatic rings. The quantitative estimate of drug-likeness (QED) is 0.873. The van der Waals surface area contributed by atoms with Crippen molar-refractivity contribution in [2.24, 2.45) is 5.92 Å². The van der Waals surface area contributed by atoms with Crippen LogP contribution >= 0.6 is 0 Å². The second-order valence-corrected chi connectivity index (χ2v) is 9.89. The van der Waals surface area contributed by atoms with E-state index < -0.39 is 10.0 Å². The van der Waals surface area contributed by atoms with Crippen molar-refractivity contribution in [1.82, 2.24) is 9.62 Å². The van der Waals surface area contributed by atoms with E-state index in [9.17, 15) is 8.42 Å².